The SMILES string of the molecule is [c]1ccccc1CCCCCCCCc1[c]cccc1. The summed E-state index contributed by atoms with van der Waals surface area (Å²) >= 11 is 0. The molecule has 0 unspecified atom stereocenters. The van der Waals surface area contributed by atoms with Gasteiger partial charge in [-0.2, -0.15) is 0 Å². The fourth-order valence-electron chi connectivity index (χ4n) is 2.51. The molecule has 0 heteroatoms. The highest BCUT2D eigenvalue weighted by molar-refractivity contribution is 5.13. The third-order valence-corrected chi connectivity index (χ3v) is 3.69. The van der Waals surface area contributed by atoms with Gasteiger partial charge in [0.15, 0.2) is 0 Å². The van der Waals surface area contributed by atoms with Crippen molar-refractivity contribution in [1.82, 2.24) is 0 Å². The molecule has 0 amide bonds. The van der Waals surface area contributed by atoms with Crippen molar-refractivity contribution in [1.29, 1.82) is 0 Å². The van der Waals surface area contributed by atoms with Crippen LogP contribution in [0.1, 0.15) is 49.7 Å². The Balaban J connectivity index is 1.44. The number of aryl methyl sites for hydroxylation is 2. The van der Waals surface area contributed by atoms with Crippen molar-refractivity contribution in [2.75, 3.05) is 0 Å². The van der Waals surface area contributed by atoms with Gasteiger partial charge in [0.05, 0.1) is 0 Å². The smallest absolute Gasteiger partial charge is 0.0149 e. The molecule has 0 saturated heterocycles. The maximum atomic E-state index is 3.29. The minimum Gasteiger partial charge on any atom is -0.0620 e. The average molecular weight is 264 g/mol. The molecule has 0 heterocycles. The lowest BCUT2D eigenvalue weighted by atomic mass is 10.0. The Labute approximate surface area is 123 Å². The lowest BCUT2D eigenvalue weighted by Crippen LogP contribution is -1.88. The molecule has 0 spiro atoms. The third kappa shape index (κ3) is 6.06. The van der Waals surface area contributed by atoms with Crippen LogP contribution in [0.2, 0.25) is 0 Å². The maximum Gasteiger partial charge on any atom is -0.0149 e. The molecule has 0 fully saturated rings. The summed E-state index contributed by atoms with van der Waals surface area (Å²) in [6, 6.07) is 23.2. The average Bonchev–Trinajstić information content (AvgIpc) is 2.52. The van der Waals surface area contributed by atoms with Crippen LogP contribution in [-0.2, 0) is 12.8 Å². The first-order chi connectivity index (χ1) is 9.95. The Morgan fingerprint density at radius 3 is 1.40 bits per heavy atom. The summed E-state index contributed by atoms with van der Waals surface area (Å²) in [5, 5.41) is 0. The van der Waals surface area contributed by atoms with Gasteiger partial charge in [-0.3, -0.25) is 0 Å². The van der Waals surface area contributed by atoms with Crippen molar-refractivity contribution in [3.8, 4) is 0 Å². The van der Waals surface area contributed by atoms with Crippen molar-refractivity contribution < 1.29 is 0 Å². The molecule has 104 valence electrons. The standard InChI is InChI=1S/C20H24/c1(3-7-13-19-15-9-5-10-16-19)2-4-8-14-20-17-11-6-12-18-20/h5-6,9-12,15,17H,1-4,7-8,13-14H2. The summed E-state index contributed by atoms with van der Waals surface area (Å²) < 4.78 is 0. The summed E-state index contributed by atoms with van der Waals surface area (Å²) in [5.41, 5.74) is 2.71. The van der Waals surface area contributed by atoms with Crippen LogP contribution in [0.3, 0.4) is 0 Å². The van der Waals surface area contributed by atoms with Gasteiger partial charge in [-0.1, -0.05) is 74.2 Å². The monoisotopic (exact) mass is 264 g/mol. The van der Waals surface area contributed by atoms with E-state index in [1.165, 1.54) is 62.5 Å². The van der Waals surface area contributed by atoms with Crippen LogP contribution in [0.5, 0.6) is 0 Å². The summed E-state index contributed by atoms with van der Waals surface area (Å²) in [5.74, 6) is 0. The van der Waals surface area contributed by atoms with E-state index in [1.807, 2.05) is 24.3 Å². The Kier molecular flexibility index (Phi) is 6.95. The Bertz CT molecular complexity index is 398. The summed E-state index contributed by atoms with van der Waals surface area (Å²) in [7, 11) is 0. The van der Waals surface area contributed by atoms with E-state index in [0.717, 1.165) is 0 Å². The molecule has 2 rings (SSSR count). The zero-order valence-electron chi connectivity index (χ0n) is 12.3. The van der Waals surface area contributed by atoms with Gasteiger partial charge in [0, 0.05) is 0 Å². The van der Waals surface area contributed by atoms with Gasteiger partial charge < -0.3 is 0 Å². The zero-order chi connectivity index (χ0) is 13.9. The Morgan fingerprint density at radius 2 is 1.00 bits per heavy atom. The van der Waals surface area contributed by atoms with Crippen LogP contribution in [0.25, 0.3) is 0 Å². The van der Waals surface area contributed by atoms with Crippen LogP contribution in [0.15, 0.2) is 48.5 Å². The first-order valence-electron chi connectivity index (χ1n) is 7.86. The largest absolute Gasteiger partial charge is 0.0620 e. The highest BCUT2D eigenvalue weighted by atomic mass is 14.0. The van der Waals surface area contributed by atoms with E-state index < -0.39 is 0 Å². The van der Waals surface area contributed by atoms with Crippen molar-refractivity contribution in [2.24, 2.45) is 0 Å². The van der Waals surface area contributed by atoms with E-state index in [0.29, 0.717) is 0 Å². The number of hydrogen-bond donors (Lipinski definition) is 0. The van der Waals surface area contributed by atoms with E-state index in [2.05, 4.69) is 36.4 Å². The van der Waals surface area contributed by atoms with E-state index in [4.69, 9.17) is 0 Å². The molecule has 0 aliphatic heterocycles. The van der Waals surface area contributed by atoms with Gasteiger partial charge in [0.25, 0.3) is 0 Å². The van der Waals surface area contributed by atoms with Crippen LogP contribution < -0.4 is 0 Å². The second kappa shape index (κ2) is 9.36. The number of hydrogen-bond acceptors (Lipinski definition) is 0. The molecule has 0 aliphatic rings. The second-order valence-corrected chi connectivity index (χ2v) is 5.40. The van der Waals surface area contributed by atoms with Crippen LogP contribution >= 0.6 is 0 Å². The molecule has 2 aromatic carbocycles. The normalized spacial score (nSPS) is 10.6. The highest BCUT2D eigenvalue weighted by Crippen LogP contribution is 2.11. The van der Waals surface area contributed by atoms with Gasteiger partial charge in [-0.25, -0.2) is 0 Å². The van der Waals surface area contributed by atoms with Crippen LogP contribution in [0.4, 0.5) is 0 Å². The second-order valence-electron chi connectivity index (χ2n) is 5.40. The topological polar surface area (TPSA) is 0 Å². The third-order valence-electron chi connectivity index (χ3n) is 3.69. The molecule has 2 aromatic rings. The molecule has 0 atom stereocenters. The van der Waals surface area contributed by atoms with Crippen LogP contribution in [0, 0.1) is 12.1 Å². The van der Waals surface area contributed by atoms with E-state index in [1.54, 1.807) is 0 Å². The molecule has 0 nitrogen and oxygen atoms in total. The molecule has 0 aliphatic carbocycles. The lowest BCUT2D eigenvalue weighted by molar-refractivity contribution is 0.593. The molecule has 0 bridgehead atoms. The van der Waals surface area contributed by atoms with Gasteiger partial charge in [0.2, 0.25) is 0 Å². The van der Waals surface area contributed by atoms with Crippen molar-refractivity contribution >= 4 is 0 Å². The number of benzene rings is 2. The van der Waals surface area contributed by atoms with Gasteiger partial charge in [-0.15, -0.1) is 0 Å². The van der Waals surface area contributed by atoms with E-state index >= 15 is 0 Å². The lowest BCUT2D eigenvalue weighted by Gasteiger charge is -2.03. The Hall–Kier alpha value is -1.56. The minimum atomic E-state index is 1.18. The van der Waals surface area contributed by atoms with Gasteiger partial charge in [0.1, 0.15) is 0 Å². The predicted octanol–water partition coefficient (Wildman–Crippen LogP) is 5.41. The van der Waals surface area contributed by atoms with E-state index in [-0.39, 0.29) is 0 Å². The first-order valence-corrected chi connectivity index (χ1v) is 7.86. The highest BCUT2D eigenvalue weighted by Gasteiger charge is 1.95. The summed E-state index contributed by atoms with van der Waals surface area (Å²) in [4.78, 5) is 0. The molecule has 20 heavy (non-hydrogen) atoms. The van der Waals surface area contributed by atoms with E-state index in [9.17, 15) is 0 Å². The molecular formula is C20H24. The van der Waals surface area contributed by atoms with Gasteiger partial charge >= 0.3 is 0 Å². The van der Waals surface area contributed by atoms with Crippen molar-refractivity contribution in [3.05, 3.63) is 71.8 Å². The first kappa shape index (κ1) is 14.8. The van der Waals surface area contributed by atoms with Crippen LogP contribution in [-0.4, -0.2) is 0 Å². The zero-order valence-corrected chi connectivity index (χ0v) is 12.3. The fourth-order valence-corrected chi connectivity index (χ4v) is 2.51. The fraction of sp³-hybridized carbons (Fsp3) is 0.400. The predicted molar refractivity (Wildman–Crippen MR) is 85.7 cm³/mol. The molecule has 0 N–H and O–H groups in total. The van der Waals surface area contributed by atoms with Gasteiger partial charge in [-0.05, 0) is 48.9 Å². The van der Waals surface area contributed by atoms with Crippen molar-refractivity contribution in [2.45, 2.75) is 51.4 Å². The number of unbranched alkanes of at least 4 members (excludes halogenated alkanes) is 5. The molecule has 2 radical (unpaired) electrons. The Morgan fingerprint density at radius 1 is 0.550 bits per heavy atom. The maximum absolute atomic E-state index is 3.29. The number of rotatable bonds is 9. The minimum absolute atomic E-state index is 1.18. The molecule has 0 saturated carbocycles. The molecule has 0 aromatic heterocycles. The van der Waals surface area contributed by atoms with Crippen molar-refractivity contribution in [3.63, 3.8) is 0 Å². The summed E-state index contributed by atoms with van der Waals surface area (Å²) in [6.45, 7) is 0. The molecular weight excluding hydrogens is 240 g/mol. The summed E-state index contributed by atoms with van der Waals surface area (Å²) in [6.07, 6.45) is 10.4. The quantitative estimate of drug-likeness (QED) is 0.531.